The Bertz CT molecular complexity index is 892. The molecule has 1 heterocycles. The molecule has 7 heteroatoms. The Labute approximate surface area is 151 Å². The van der Waals surface area contributed by atoms with Gasteiger partial charge in [-0.05, 0) is 30.3 Å². The standard InChI is InChI=1S/C19H19N3O4/c1-24-14-7-5-6-13(12-14)19-22-21-17(26-19)10-11-20-18(23)15-8-3-4-9-16(15)25-2/h3-9,12H,10-11H2,1-2H3,(H,20,23). The molecule has 0 aliphatic rings. The van der Waals surface area contributed by atoms with Crippen molar-refractivity contribution >= 4 is 5.91 Å². The third-order valence-corrected chi connectivity index (χ3v) is 3.76. The molecule has 0 bridgehead atoms. The number of hydrogen-bond acceptors (Lipinski definition) is 6. The van der Waals surface area contributed by atoms with Crippen LogP contribution in [-0.4, -0.2) is 36.9 Å². The maximum absolute atomic E-state index is 12.2. The van der Waals surface area contributed by atoms with Crippen LogP contribution in [0.4, 0.5) is 0 Å². The molecule has 1 amide bonds. The van der Waals surface area contributed by atoms with Gasteiger partial charge in [-0.15, -0.1) is 10.2 Å². The molecule has 0 spiro atoms. The first-order valence-corrected chi connectivity index (χ1v) is 8.09. The molecule has 0 aliphatic carbocycles. The minimum atomic E-state index is -0.213. The second-order valence-electron chi connectivity index (χ2n) is 5.44. The van der Waals surface area contributed by atoms with E-state index in [0.29, 0.717) is 41.8 Å². The van der Waals surface area contributed by atoms with Gasteiger partial charge in [0.1, 0.15) is 11.5 Å². The monoisotopic (exact) mass is 353 g/mol. The summed E-state index contributed by atoms with van der Waals surface area (Å²) in [4.78, 5) is 12.2. The fraction of sp³-hybridized carbons (Fsp3) is 0.211. The maximum Gasteiger partial charge on any atom is 0.255 e. The smallest absolute Gasteiger partial charge is 0.255 e. The van der Waals surface area contributed by atoms with E-state index in [9.17, 15) is 4.79 Å². The molecule has 0 aliphatic heterocycles. The van der Waals surface area contributed by atoms with Crippen molar-refractivity contribution in [2.24, 2.45) is 0 Å². The summed E-state index contributed by atoms with van der Waals surface area (Å²) in [7, 11) is 3.13. The number of carbonyl (C=O) groups is 1. The fourth-order valence-corrected chi connectivity index (χ4v) is 2.44. The lowest BCUT2D eigenvalue weighted by molar-refractivity contribution is 0.0950. The number of benzene rings is 2. The fourth-order valence-electron chi connectivity index (χ4n) is 2.44. The normalized spacial score (nSPS) is 10.4. The number of rotatable bonds is 7. The molecular formula is C19H19N3O4. The van der Waals surface area contributed by atoms with Crippen LogP contribution in [0.25, 0.3) is 11.5 Å². The van der Waals surface area contributed by atoms with E-state index in [1.54, 1.807) is 25.3 Å². The lowest BCUT2D eigenvalue weighted by atomic mass is 10.2. The largest absolute Gasteiger partial charge is 0.497 e. The van der Waals surface area contributed by atoms with Crippen molar-refractivity contribution in [3.63, 3.8) is 0 Å². The minimum absolute atomic E-state index is 0.213. The lowest BCUT2D eigenvalue weighted by Gasteiger charge is -2.08. The third kappa shape index (κ3) is 4.00. The summed E-state index contributed by atoms with van der Waals surface area (Å²) in [6.07, 6.45) is 0.428. The number of nitrogens with one attached hydrogen (secondary N) is 1. The van der Waals surface area contributed by atoms with Crippen molar-refractivity contribution in [3.8, 4) is 23.0 Å². The first-order valence-electron chi connectivity index (χ1n) is 8.09. The van der Waals surface area contributed by atoms with Crippen molar-refractivity contribution < 1.29 is 18.7 Å². The van der Waals surface area contributed by atoms with Gasteiger partial charge in [-0.3, -0.25) is 4.79 Å². The van der Waals surface area contributed by atoms with Crippen molar-refractivity contribution in [2.45, 2.75) is 6.42 Å². The lowest BCUT2D eigenvalue weighted by Crippen LogP contribution is -2.26. The average molecular weight is 353 g/mol. The van der Waals surface area contributed by atoms with E-state index >= 15 is 0 Å². The molecule has 26 heavy (non-hydrogen) atoms. The molecule has 1 aromatic heterocycles. The molecule has 3 rings (SSSR count). The second kappa shape index (κ2) is 8.15. The number of ether oxygens (including phenoxy) is 2. The molecule has 2 aromatic carbocycles. The van der Waals surface area contributed by atoms with Gasteiger partial charge in [0, 0.05) is 18.5 Å². The van der Waals surface area contributed by atoms with Gasteiger partial charge in [0.2, 0.25) is 11.8 Å². The second-order valence-corrected chi connectivity index (χ2v) is 5.44. The Morgan fingerprint density at radius 3 is 2.73 bits per heavy atom. The van der Waals surface area contributed by atoms with Crippen LogP contribution in [0.1, 0.15) is 16.2 Å². The molecule has 134 valence electrons. The third-order valence-electron chi connectivity index (χ3n) is 3.76. The zero-order chi connectivity index (χ0) is 18.4. The van der Waals surface area contributed by atoms with Gasteiger partial charge < -0.3 is 19.2 Å². The molecule has 0 radical (unpaired) electrons. The van der Waals surface area contributed by atoms with Crippen LogP contribution in [0.15, 0.2) is 52.9 Å². The van der Waals surface area contributed by atoms with Crippen molar-refractivity contribution in [2.75, 3.05) is 20.8 Å². The Kier molecular flexibility index (Phi) is 5.48. The molecule has 0 saturated heterocycles. The topological polar surface area (TPSA) is 86.5 Å². The van der Waals surface area contributed by atoms with Crippen LogP contribution >= 0.6 is 0 Å². The molecular weight excluding hydrogens is 334 g/mol. The Morgan fingerprint density at radius 2 is 1.92 bits per heavy atom. The summed E-state index contributed by atoms with van der Waals surface area (Å²) in [5, 5.41) is 10.9. The van der Waals surface area contributed by atoms with Crippen LogP contribution in [0.3, 0.4) is 0 Å². The highest BCUT2D eigenvalue weighted by molar-refractivity contribution is 5.96. The van der Waals surface area contributed by atoms with Crippen molar-refractivity contribution in [1.29, 1.82) is 0 Å². The number of amides is 1. The Morgan fingerprint density at radius 1 is 1.08 bits per heavy atom. The van der Waals surface area contributed by atoms with E-state index in [1.165, 1.54) is 7.11 Å². The Balaban J connectivity index is 1.59. The van der Waals surface area contributed by atoms with Crippen LogP contribution < -0.4 is 14.8 Å². The predicted octanol–water partition coefficient (Wildman–Crippen LogP) is 2.73. The van der Waals surface area contributed by atoms with Crippen molar-refractivity contribution in [3.05, 3.63) is 60.0 Å². The van der Waals surface area contributed by atoms with E-state index in [1.807, 2.05) is 30.3 Å². The van der Waals surface area contributed by atoms with Crippen LogP contribution in [0, 0.1) is 0 Å². The summed E-state index contributed by atoms with van der Waals surface area (Å²) < 4.78 is 16.0. The van der Waals surface area contributed by atoms with E-state index in [0.717, 1.165) is 5.56 Å². The van der Waals surface area contributed by atoms with E-state index < -0.39 is 0 Å². The summed E-state index contributed by atoms with van der Waals surface area (Å²) in [5.74, 6) is 1.89. The summed E-state index contributed by atoms with van der Waals surface area (Å²) in [5.41, 5.74) is 1.26. The van der Waals surface area contributed by atoms with Gasteiger partial charge in [-0.2, -0.15) is 0 Å². The van der Waals surface area contributed by atoms with Crippen LogP contribution in [-0.2, 0) is 6.42 Å². The van der Waals surface area contributed by atoms with E-state index in [2.05, 4.69) is 15.5 Å². The quantitative estimate of drug-likeness (QED) is 0.703. The van der Waals surface area contributed by atoms with E-state index in [-0.39, 0.29) is 5.91 Å². The molecule has 0 fully saturated rings. The van der Waals surface area contributed by atoms with Crippen LogP contribution in [0.2, 0.25) is 0 Å². The summed E-state index contributed by atoms with van der Waals surface area (Å²) >= 11 is 0. The van der Waals surface area contributed by atoms with E-state index in [4.69, 9.17) is 13.9 Å². The molecule has 0 atom stereocenters. The van der Waals surface area contributed by atoms with Gasteiger partial charge in [-0.25, -0.2) is 0 Å². The van der Waals surface area contributed by atoms with Gasteiger partial charge in [-0.1, -0.05) is 18.2 Å². The Hall–Kier alpha value is -3.35. The highest BCUT2D eigenvalue weighted by atomic mass is 16.5. The first-order chi connectivity index (χ1) is 12.7. The molecule has 7 nitrogen and oxygen atoms in total. The van der Waals surface area contributed by atoms with Crippen LogP contribution in [0.5, 0.6) is 11.5 Å². The summed E-state index contributed by atoms with van der Waals surface area (Å²) in [6.45, 7) is 0.372. The molecule has 0 saturated carbocycles. The number of hydrogen-bond donors (Lipinski definition) is 1. The summed E-state index contributed by atoms with van der Waals surface area (Å²) in [6, 6.07) is 14.4. The average Bonchev–Trinajstić information content (AvgIpc) is 3.17. The number of aromatic nitrogens is 2. The van der Waals surface area contributed by atoms with Gasteiger partial charge in [0.25, 0.3) is 5.91 Å². The van der Waals surface area contributed by atoms with Gasteiger partial charge >= 0.3 is 0 Å². The SMILES string of the molecule is COc1cccc(-c2nnc(CCNC(=O)c3ccccc3OC)o2)c1. The highest BCUT2D eigenvalue weighted by Crippen LogP contribution is 2.22. The molecule has 1 N–H and O–H groups in total. The highest BCUT2D eigenvalue weighted by Gasteiger charge is 2.12. The molecule has 0 unspecified atom stereocenters. The molecule has 3 aromatic rings. The van der Waals surface area contributed by atoms with Gasteiger partial charge in [0.15, 0.2) is 0 Å². The number of methoxy groups -OCH3 is 2. The maximum atomic E-state index is 12.2. The predicted molar refractivity (Wildman–Crippen MR) is 95.3 cm³/mol. The number of carbonyl (C=O) groups excluding carboxylic acids is 1. The minimum Gasteiger partial charge on any atom is -0.497 e. The number of nitrogens with zero attached hydrogens (tertiary/aromatic N) is 2. The van der Waals surface area contributed by atoms with Crippen molar-refractivity contribution in [1.82, 2.24) is 15.5 Å². The zero-order valence-corrected chi connectivity index (χ0v) is 14.6. The first kappa shape index (κ1) is 17.5. The number of para-hydroxylation sites is 1. The zero-order valence-electron chi connectivity index (χ0n) is 14.6. The van der Waals surface area contributed by atoms with Gasteiger partial charge in [0.05, 0.1) is 19.8 Å².